The Labute approximate surface area is 210 Å². The molecule has 0 radical (unpaired) electrons. The number of allylic oxidation sites excluding steroid dienone is 1. The fourth-order valence-electron chi connectivity index (χ4n) is 5.19. The van der Waals surface area contributed by atoms with Crippen LogP contribution in [0.15, 0.2) is 11.1 Å². The first-order chi connectivity index (χ1) is 16.7. The Morgan fingerprint density at radius 2 is 1.58 bits per heavy atom. The molecule has 0 spiro atoms. The Balaban J connectivity index is 1.67. The van der Waals surface area contributed by atoms with Crippen LogP contribution in [-0.4, -0.2) is 128 Å². The van der Waals surface area contributed by atoms with Crippen LogP contribution < -0.4 is 0 Å². The molecule has 12 unspecified atom stereocenters. The molecule has 2 aliphatic heterocycles. The highest BCUT2D eigenvalue weighted by molar-refractivity contribution is 5.28. The summed E-state index contributed by atoms with van der Waals surface area (Å²) >= 11 is 0. The average Bonchev–Trinajstić information content (AvgIpc) is 2.80. The molecule has 0 aromatic heterocycles. The molecule has 8 N–H and O–H groups in total. The van der Waals surface area contributed by atoms with Gasteiger partial charge < -0.3 is 59.8 Å². The van der Waals surface area contributed by atoms with E-state index >= 15 is 0 Å². The Kier molecular flexibility index (Phi) is 9.92. The molecule has 210 valence electrons. The van der Waals surface area contributed by atoms with Gasteiger partial charge in [-0.2, -0.15) is 0 Å². The van der Waals surface area contributed by atoms with E-state index in [0.29, 0.717) is 24.8 Å². The monoisotopic (exact) mass is 522 g/mol. The average molecular weight is 523 g/mol. The first-order valence-corrected chi connectivity index (χ1v) is 12.4. The van der Waals surface area contributed by atoms with Crippen molar-refractivity contribution in [2.45, 2.75) is 121 Å². The van der Waals surface area contributed by atoms with Crippen molar-refractivity contribution in [1.82, 2.24) is 0 Å². The van der Waals surface area contributed by atoms with Crippen LogP contribution in [0.25, 0.3) is 0 Å². The highest BCUT2D eigenvalue weighted by atomic mass is 16.7. The number of hydrogen-bond acceptors (Lipinski definition) is 12. The van der Waals surface area contributed by atoms with Gasteiger partial charge in [0.15, 0.2) is 12.6 Å². The van der Waals surface area contributed by atoms with Gasteiger partial charge in [-0.3, -0.25) is 0 Å². The second-order valence-corrected chi connectivity index (χ2v) is 10.9. The smallest absolute Gasteiger partial charge is 0.187 e. The molecular weight excluding hydrogens is 480 g/mol. The second-order valence-electron chi connectivity index (χ2n) is 10.9. The van der Waals surface area contributed by atoms with Gasteiger partial charge in [0.2, 0.25) is 0 Å². The Bertz CT molecular complexity index is 757. The van der Waals surface area contributed by atoms with Gasteiger partial charge in [0, 0.05) is 0 Å². The van der Waals surface area contributed by atoms with Gasteiger partial charge in [-0.1, -0.05) is 19.4 Å². The number of ether oxygens (including phenoxy) is 4. The Morgan fingerprint density at radius 3 is 2.22 bits per heavy atom. The molecule has 0 saturated carbocycles. The van der Waals surface area contributed by atoms with Crippen LogP contribution in [0.1, 0.15) is 47.0 Å². The minimum atomic E-state index is -1.64. The molecule has 1 aliphatic carbocycles. The van der Waals surface area contributed by atoms with Crippen LogP contribution in [0.2, 0.25) is 0 Å². The lowest BCUT2D eigenvalue weighted by atomic mass is 9.69. The van der Waals surface area contributed by atoms with Gasteiger partial charge in [0.1, 0.15) is 48.8 Å². The highest BCUT2D eigenvalue weighted by Crippen LogP contribution is 2.44. The number of aliphatic hydroxyl groups excluding tert-OH is 8. The van der Waals surface area contributed by atoms with E-state index < -0.39 is 80.2 Å². The summed E-state index contributed by atoms with van der Waals surface area (Å²) in [5.41, 5.74) is 1.37. The first-order valence-electron chi connectivity index (χ1n) is 12.4. The molecule has 0 aromatic rings. The summed E-state index contributed by atoms with van der Waals surface area (Å²) < 4.78 is 22.2. The quantitative estimate of drug-likeness (QED) is 0.162. The summed E-state index contributed by atoms with van der Waals surface area (Å²) in [4.78, 5) is 0. The van der Waals surface area contributed by atoms with E-state index in [1.54, 1.807) is 13.8 Å². The summed E-state index contributed by atoms with van der Waals surface area (Å²) in [7, 11) is 0. The maximum absolute atomic E-state index is 10.9. The van der Waals surface area contributed by atoms with Crippen molar-refractivity contribution in [2.24, 2.45) is 5.41 Å². The number of rotatable bonds is 8. The predicted molar refractivity (Wildman–Crippen MR) is 123 cm³/mol. The van der Waals surface area contributed by atoms with Crippen LogP contribution in [0.3, 0.4) is 0 Å². The van der Waals surface area contributed by atoms with Gasteiger partial charge in [-0.25, -0.2) is 0 Å². The lowest BCUT2D eigenvalue weighted by Crippen LogP contribution is -2.61. The minimum absolute atomic E-state index is 0.272. The van der Waals surface area contributed by atoms with Gasteiger partial charge >= 0.3 is 0 Å². The lowest BCUT2D eigenvalue weighted by Gasteiger charge is -2.46. The molecule has 36 heavy (non-hydrogen) atoms. The molecule has 12 nitrogen and oxygen atoms in total. The first kappa shape index (κ1) is 29.8. The van der Waals surface area contributed by atoms with Crippen molar-refractivity contribution in [2.75, 3.05) is 13.2 Å². The summed E-state index contributed by atoms with van der Waals surface area (Å²) in [6, 6.07) is 0. The predicted octanol–water partition coefficient (Wildman–Crippen LogP) is -2.10. The largest absolute Gasteiger partial charge is 0.393 e. The Morgan fingerprint density at radius 1 is 0.944 bits per heavy atom. The zero-order valence-electron chi connectivity index (χ0n) is 21.2. The SMILES string of the molecule is CC1=C(CCC(C)O)C(C)(C)CC(OC2OC(COC3OCC(O)C(O)C3O)C(O)C(O)C2O)C1O. The van der Waals surface area contributed by atoms with Crippen molar-refractivity contribution >= 4 is 0 Å². The van der Waals surface area contributed by atoms with Crippen molar-refractivity contribution < 1.29 is 59.8 Å². The molecule has 3 aliphatic rings. The van der Waals surface area contributed by atoms with E-state index in [0.717, 1.165) is 5.57 Å². The topological polar surface area (TPSA) is 199 Å². The third-order valence-corrected chi connectivity index (χ3v) is 7.47. The van der Waals surface area contributed by atoms with Gasteiger partial charge in [0.05, 0.1) is 25.4 Å². The van der Waals surface area contributed by atoms with Crippen molar-refractivity contribution in [3.63, 3.8) is 0 Å². The molecule has 0 amide bonds. The standard InChI is InChI=1S/C24H42O12/c1-10(25)5-6-12-11(2)16(27)14(7-24(12,3)4)35-23-21(32)19(30)18(29)15(36-23)9-34-22-20(31)17(28)13(26)8-33-22/h10,13-23,25-32H,5-9H2,1-4H3. The molecule has 0 aromatic carbocycles. The third kappa shape index (κ3) is 6.45. The fraction of sp³-hybridized carbons (Fsp3) is 0.917. The van der Waals surface area contributed by atoms with Crippen LogP contribution in [-0.2, 0) is 18.9 Å². The molecular formula is C24H42O12. The van der Waals surface area contributed by atoms with E-state index in [2.05, 4.69) is 0 Å². The molecule has 0 bridgehead atoms. The van der Waals surface area contributed by atoms with E-state index in [4.69, 9.17) is 18.9 Å². The molecule has 12 atom stereocenters. The van der Waals surface area contributed by atoms with Gasteiger partial charge in [-0.05, 0) is 44.1 Å². The lowest BCUT2D eigenvalue weighted by molar-refractivity contribution is -0.332. The summed E-state index contributed by atoms with van der Waals surface area (Å²) in [5.74, 6) is 0. The minimum Gasteiger partial charge on any atom is -0.393 e. The fourth-order valence-corrected chi connectivity index (χ4v) is 5.19. The molecule has 12 heteroatoms. The summed E-state index contributed by atoms with van der Waals surface area (Å²) in [6.45, 7) is 6.85. The maximum Gasteiger partial charge on any atom is 0.187 e. The van der Waals surface area contributed by atoms with E-state index in [1.807, 2.05) is 13.8 Å². The summed E-state index contributed by atoms with van der Waals surface area (Å²) in [6.07, 6.45) is -13.7. The molecule has 2 saturated heterocycles. The summed E-state index contributed by atoms with van der Waals surface area (Å²) in [5, 5.41) is 81.3. The van der Waals surface area contributed by atoms with Gasteiger partial charge in [0.25, 0.3) is 0 Å². The van der Waals surface area contributed by atoms with Crippen LogP contribution in [0, 0.1) is 5.41 Å². The van der Waals surface area contributed by atoms with Crippen molar-refractivity contribution in [3.05, 3.63) is 11.1 Å². The third-order valence-electron chi connectivity index (χ3n) is 7.47. The van der Waals surface area contributed by atoms with E-state index in [-0.39, 0.29) is 12.0 Å². The Hall–Kier alpha value is -0.740. The normalized spacial score (nSPS) is 44.5. The highest BCUT2D eigenvalue weighted by Gasteiger charge is 2.48. The molecule has 2 fully saturated rings. The second kappa shape index (κ2) is 12.0. The molecule has 2 heterocycles. The molecule has 3 rings (SSSR count). The van der Waals surface area contributed by atoms with Crippen LogP contribution >= 0.6 is 0 Å². The maximum atomic E-state index is 10.9. The van der Waals surface area contributed by atoms with Crippen molar-refractivity contribution in [1.29, 1.82) is 0 Å². The van der Waals surface area contributed by atoms with E-state index in [9.17, 15) is 40.9 Å². The van der Waals surface area contributed by atoms with E-state index in [1.165, 1.54) is 0 Å². The zero-order chi connectivity index (χ0) is 26.9. The van der Waals surface area contributed by atoms with Crippen LogP contribution in [0.4, 0.5) is 0 Å². The number of aliphatic hydroxyl groups is 8. The zero-order valence-corrected chi connectivity index (χ0v) is 21.2. The van der Waals surface area contributed by atoms with Crippen LogP contribution in [0.5, 0.6) is 0 Å². The number of hydrogen-bond donors (Lipinski definition) is 8. The van der Waals surface area contributed by atoms with Crippen molar-refractivity contribution in [3.8, 4) is 0 Å². The van der Waals surface area contributed by atoms with Gasteiger partial charge in [-0.15, -0.1) is 0 Å².